The minimum Gasteiger partial charge on any atom is -0.320 e. The maximum atomic E-state index is 6.05. The average molecular weight is 188 g/mol. The predicted molar refractivity (Wildman–Crippen MR) is 55.6 cm³/mol. The van der Waals surface area contributed by atoms with E-state index in [1.807, 2.05) is 29.6 Å². The molecule has 0 amide bonds. The van der Waals surface area contributed by atoms with Crippen molar-refractivity contribution in [1.29, 1.82) is 0 Å². The number of hydrogen-bond acceptors (Lipinski definition) is 2. The van der Waals surface area contributed by atoms with Crippen molar-refractivity contribution in [2.75, 3.05) is 0 Å². The van der Waals surface area contributed by atoms with Gasteiger partial charge >= 0.3 is 0 Å². The molecule has 0 aliphatic carbocycles. The minimum absolute atomic E-state index is 0.000787. The van der Waals surface area contributed by atoms with E-state index in [-0.39, 0.29) is 6.04 Å². The van der Waals surface area contributed by atoms with Gasteiger partial charge in [-0.2, -0.15) is 11.3 Å². The number of hydrogen-bond donors (Lipinski definition) is 1. The van der Waals surface area contributed by atoms with Crippen LogP contribution in [0.2, 0.25) is 0 Å². The zero-order chi connectivity index (χ0) is 9.10. The van der Waals surface area contributed by atoms with E-state index in [0.29, 0.717) is 0 Å². The van der Waals surface area contributed by atoms with Crippen LogP contribution in [0.5, 0.6) is 0 Å². The molecule has 0 saturated carbocycles. The summed E-state index contributed by atoms with van der Waals surface area (Å²) in [6, 6.07) is 12.8. The second kappa shape index (κ2) is 3.73. The molecule has 0 spiro atoms. The van der Waals surface area contributed by atoms with E-state index < -0.39 is 0 Å². The molecule has 13 heavy (non-hydrogen) atoms. The van der Waals surface area contributed by atoms with Crippen LogP contribution < -0.4 is 5.73 Å². The van der Waals surface area contributed by atoms with Crippen molar-refractivity contribution in [3.8, 4) is 0 Å². The van der Waals surface area contributed by atoms with Crippen LogP contribution in [-0.4, -0.2) is 0 Å². The summed E-state index contributed by atoms with van der Waals surface area (Å²) >= 11 is 1.67. The van der Waals surface area contributed by atoms with E-state index >= 15 is 0 Å². The van der Waals surface area contributed by atoms with Gasteiger partial charge in [0.05, 0.1) is 6.04 Å². The van der Waals surface area contributed by atoms with Crippen LogP contribution >= 0.6 is 11.3 Å². The Bertz CT molecular complexity index is 353. The lowest BCUT2D eigenvalue weighted by atomic mass is 10.0. The maximum Gasteiger partial charge on any atom is 0.0559 e. The molecule has 2 rings (SSSR count). The molecule has 0 saturated heterocycles. The molecular weight excluding hydrogens is 178 g/mol. The van der Waals surface area contributed by atoms with Crippen LogP contribution in [0.1, 0.15) is 17.2 Å². The van der Waals surface area contributed by atoms with E-state index in [1.165, 1.54) is 5.56 Å². The van der Waals surface area contributed by atoms with Crippen LogP contribution in [0.4, 0.5) is 0 Å². The van der Waals surface area contributed by atoms with Gasteiger partial charge in [0.2, 0.25) is 0 Å². The Labute approximate surface area is 81.8 Å². The van der Waals surface area contributed by atoms with E-state index in [9.17, 15) is 0 Å². The lowest BCUT2D eigenvalue weighted by molar-refractivity contribution is 0.877. The third kappa shape index (κ3) is 1.79. The first kappa shape index (κ1) is 8.48. The van der Waals surface area contributed by atoms with E-state index in [2.05, 4.69) is 17.5 Å². The lowest BCUT2D eigenvalue weighted by Crippen LogP contribution is -2.10. The second-order valence-electron chi connectivity index (χ2n) is 2.87. The normalized spacial score (nSPS) is 12.7. The highest BCUT2D eigenvalue weighted by molar-refractivity contribution is 7.07. The Morgan fingerprint density at radius 1 is 1.15 bits per heavy atom. The van der Waals surface area contributed by atoms with Crippen molar-refractivity contribution in [2.24, 2.45) is 5.73 Å². The summed E-state index contributed by atoms with van der Waals surface area (Å²) in [7, 11) is 0. The smallest absolute Gasteiger partial charge is 0.0559 e. The Morgan fingerprint density at radius 3 is 2.54 bits per heavy atom. The fraction of sp³-hybridized carbons (Fsp3) is 0.0909. The molecule has 0 aliphatic rings. The fourth-order valence-electron chi connectivity index (χ4n) is 1.25. The molecule has 1 aromatic carbocycles. The third-order valence-corrected chi connectivity index (χ3v) is 2.71. The SMILES string of the molecule is NC(c1cc[c]cc1)c1ccsc1. The van der Waals surface area contributed by atoms with Crippen LogP contribution in [0.15, 0.2) is 41.1 Å². The lowest BCUT2D eigenvalue weighted by Gasteiger charge is -2.09. The summed E-state index contributed by atoms with van der Waals surface area (Å²) in [6.07, 6.45) is 0. The molecule has 2 N–H and O–H groups in total. The van der Waals surface area contributed by atoms with Gasteiger partial charge in [-0.05, 0) is 34.0 Å². The summed E-state index contributed by atoms with van der Waals surface area (Å²) < 4.78 is 0. The average Bonchev–Trinajstić information content (AvgIpc) is 2.71. The minimum atomic E-state index is 0.000787. The van der Waals surface area contributed by atoms with Crippen LogP contribution in [0, 0.1) is 6.07 Å². The van der Waals surface area contributed by atoms with Crippen molar-refractivity contribution < 1.29 is 0 Å². The quantitative estimate of drug-likeness (QED) is 0.770. The van der Waals surface area contributed by atoms with Gasteiger partial charge in [-0.1, -0.05) is 24.3 Å². The highest BCUT2D eigenvalue weighted by Gasteiger charge is 2.07. The van der Waals surface area contributed by atoms with Crippen molar-refractivity contribution in [3.05, 3.63) is 58.3 Å². The van der Waals surface area contributed by atoms with Crippen LogP contribution in [0.25, 0.3) is 0 Å². The Balaban J connectivity index is 2.29. The first-order valence-electron chi connectivity index (χ1n) is 4.11. The molecule has 0 bridgehead atoms. The highest BCUT2D eigenvalue weighted by Crippen LogP contribution is 2.20. The summed E-state index contributed by atoms with van der Waals surface area (Å²) in [5.74, 6) is 0. The Morgan fingerprint density at radius 2 is 1.92 bits per heavy atom. The zero-order valence-corrected chi connectivity index (χ0v) is 7.92. The van der Waals surface area contributed by atoms with Gasteiger partial charge in [0.15, 0.2) is 0 Å². The Hall–Kier alpha value is -1.12. The van der Waals surface area contributed by atoms with Crippen LogP contribution in [0.3, 0.4) is 0 Å². The topological polar surface area (TPSA) is 26.0 Å². The van der Waals surface area contributed by atoms with Gasteiger partial charge in [0.25, 0.3) is 0 Å². The van der Waals surface area contributed by atoms with Crippen molar-refractivity contribution in [3.63, 3.8) is 0 Å². The number of nitrogens with two attached hydrogens (primary N) is 1. The molecule has 1 nitrogen and oxygen atoms in total. The summed E-state index contributed by atoms with van der Waals surface area (Å²) in [5, 5.41) is 4.13. The predicted octanol–water partition coefficient (Wildman–Crippen LogP) is 2.60. The molecule has 2 aromatic rings. The number of rotatable bonds is 2. The molecule has 1 atom stereocenters. The summed E-state index contributed by atoms with van der Waals surface area (Å²) in [6.45, 7) is 0. The molecule has 0 fully saturated rings. The largest absolute Gasteiger partial charge is 0.320 e. The van der Waals surface area contributed by atoms with Gasteiger partial charge < -0.3 is 5.73 Å². The number of thiophene rings is 1. The standard InChI is InChI=1S/C11H10NS/c12-11(10-6-7-13-8-10)9-4-2-1-3-5-9/h2-8,11H,12H2. The monoisotopic (exact) mass is 188 g/mol. The van der Waals surface area contributed by atoms with Crippen molar-refractivity contribution in [2.45, 2.75) is 6.04 Å². The molecule has 1 heterocycles. The van der Waals surface area contributed by atoms with Gasteiger partial charge in [-0.15, -0.1) is 0 Å². The molecule has 1 unspecified atom stereocenters. The third-order valence-electron chi connectivity index (χ3n) is 2.01. The van der Waals surface area contributed by atoms with Gasteiger partial charge in [0, 0.05) is 0 Å². The van der Waals surface area contributed by atoms with Gasteiger partial charge in [-0.3, -0.25) is 0 Å². The molecule has 65 valence electrons. The van der Waals surface area contributed by atoms with E-state index in [0.717, 1.165) is 5.56 Å². The van der Waals surface area contributed by atoms with Crippen molar-refractivity contribution in [1.82, 2.24) is 0 Å². The highest BCUT2D eigenvalue weighted by atomic mass is 32.1. The first-order chi connectivity index (χ1) is 6.38. The van der Waals surface area contributed by atoms with Gasteiger partial charge in [-0.25, -0.2) is 0 Å². The zero-order valence-electron chi connectivity index (χ0n) is 7.10. The molecule has 0 aliphatic heterocycles. The molecular formula is C11H10NS. The molecule has 2 heteroatoms. The first-order valence-corrected chi connectivity index (χ1v) is 5.06. The second-order valence-corrected chi connectivity index (χ2v) is 3.65. The summed E-state index contributed by atoms with van der Waals surface area (Å²) in [4.78, 5) is 0. The van der Waals surface area contributed by atoms with Crippen molar-refractivity contribution >= 4 is 11.3 Å². The van der Waals surface area contributed by atoms with E-state index in [1.54, 1.807) is 11.3 Å². The fourth-order valence-corrected chi connectivity index (χ4v) is 1.95. The van der Waals surface area contributed by atoms with Gasteiger partial charge in [0.1, 0.15) is 0 Å². The van der Waals surface area contributed by atoms with Crippen LogP contribution in [-0.2, 0) is 0 Å². The maximum absolute atomic E-state index is 6.05. The summed E-state index contributed by atoms with van der Waals surface area (Å²) in [5.41, 5.74) is 8.37. The van der Waals surface area contributed by atoms with E-state index in [4.69, 9.17) is 5.73 Å². The number of benzene rings is 1. The molecule has 1 aromatic heterocycles. The Kier molecular flexibility index (Phi) is 2.43. The molecule has 1 radical (unpaired) electrons.